The largest absolute Gasteiger partial charge is 0.330 e. The molecule has 1 aliphatic heterocycles. The van der Waals surface area contributed by atoms with Crippen molar-refractivity contribution in [2.45, 2.75) is 19.5 Å². The van der Waals surface area contributed by atoms with Crippen LogP contribution in [-0.4, -0.2) is 41.9 Å². The van der Waals surface area contributed by atoms with Crippen LogP contribution in [0.25, 0.3) is 17.5 Å². The first kappa shape index (κ1) is 16.3. The molecule has 0 fully saturated rings. The molecular formula is C19H20N6O. The van der Waals surface area contributed by atoms with Gasteiger partial charge in [-0.3, -0.25) is 9.48 Å². The lowest BCUT2D eigenvalue weighted by molar-refractivity contribution is -0.127. The summed E-state index contributed by atoms with van der Waals surface area (Å²) in [5.41, 5.74) is 1.94. The summed E-state index contributed by atoms with van der Waals surface area (Å²) in [6.07, 6.45) is 7.16. The van der Waals surface area contributed by atoms with Gasteiger partial charge in [-0.15, -0.1) is 10.2 Å². The summed E-state index contributed by atoms with van der Waals surface area (Å²) >= 11 is 0. The number of carbonyl (C=O) groups excluding carboxylic acids is 1. The lowest BCUT2D eigenvalue weighted by Crippen LogP contribution is -2.39. The number of carbonyl (C=O) groups is 1. The Kier molecular flexibility index (Phi) is 4.12. The third-order valence-corrected chi connectivity index (χ3v) is 4.52. The zero-order valence-corrected chi connectivity index (χ0v) is 14.8. The molecule has 1 amide bonds. The first-order valence-corrected chi connectivity index (χ1v) is 8.56. The third-order valence-electron chi connectivity index (χ3n) is 4.52. The summed E-state index contributed by atoms with van der Waals surface area (Å²) in [7, 11) is 1.87. The van der Waals surface area contributed by atoms with Gasteiger partial charge in [-0.05, 0) is 18.6 Å². The molecule has 7 heteroatoms. The lowest BCUT2D eigenvalue weighted by Gasteiger charge is -2.31. The Morgan fingerprint density at radius 3 is 2.77 bits per heavy atom. The fraction of sp³-hybridized carbons (Fsp3) is 0.263. The van der Waals surface area contributed by atoms with Crippen LogP contribution in [0.4, 0.5) is 0 Å². The van der Waals surface area contributed by atoms with Crippen LogP contribution < -0.4 is 0 Å². The Morgan fingerprint density at radius 2 is 2.04 bits per heavy atom. The Morgan fingerprint density at radius 1 is 1.23 bits per heavy atom. The average molecular weight is 348 g/mol. The highest BCUT2D eigenvalue weighted by molar-refractivity contribution is 5.91. The summed E-state index contributed by atoms with van der Waals surface area (Å²) in [6.45, 7) is 3.15. The van der Waals surface area contributed by atoms with Crippen LogP contribution >= 0.6 is 0 Å². The number of benzene rings is 1. The topological polar surface area (TPSA) is 68.8 Å². The molecule has 2 aromatic heterocycles. The molecule has 132 valence electrons. The van der Waals surface area contributed by atoms with Gasteiger partial charge in [0.15, 0.2) is 11.6 Å². The monoisotopic (exact) mass is 348 g/mol. The van der Waals surface area contributed by atoms with Crippen LogP contribution in [0.1, 0.15) is 24.4 Å². The van der Waals surface area contributed by atoms with Gasteiger partial charge in [0.1, 0.15) is 0 Å². The standard InChI is InChI=1S/C19H20N6O/c1-14-11-24(18(26)9-8-15-6-4-3-5-7-15)13-17-21-22-19(25(14)17)16-10-20-23(2)12-16/h3-10,12,14H,11,13H2,1-2H3/t14-/m0/s1. The van der Waals surface area contributed by atoms with E-state index in [2.05, 4.69) is 26.8 Å². The van der Waals surface area contributed by atoms with E-state index >= 15 is 0 Å². The maximum atomic E-state index is 12.6. The van der Waals surface area contributed by atoms with Gasteiger partial charge in [0, 0.05) is 25.9 Å². The van der Waals surface area contributed by atoms with E-state index in [4.69, 9.17) is 0 Å². The Balaban J connectivity index is 1.54. The van der Waals surface area contributed by atoms with E-state index in [-0.39, 0.29) is 11.9 Å². The molecule has 0 bridgehead atoms. The number of fused-ring (bicyclic) bond motifs is 1. The fourth-order valence-electron chi connectivity index (χ4n) is 3.27. The number of amides is 1. The molecule has 4 rings (SSSR count). The zero-order valence-electron chi connectivity index (χ0n) is 14.8. The lowest BCUT2D eigenvalue weighted by atomic mass is 10.2. The third kappa shape index (κ3) is 3.03. The SMILES string of the molecule is C[C@H]1CN(C(=O)C=Cc2ccccc2)Cc2nnc(-c3cnn(C)c3)n21. The molecule has 0 saturated heterocycles. The zero-order chi connectivity index (χ0) is 18.1. The van der Waals surface area contributed by atoms with Crippen molar-refractivity contribution in [2.24, 2.45) is 7.05 Å². The molecule has 0 N–H and O–H groups in total. The predicted molar refractivity (Wildman–Crippen MR) is 97.8 cm³/mol. The maximum Gasteiger partial charge on any atom is 0.247 e. The molecule has 0 spiro atoms. The Labute approximate surface area is 151 Å². The van der Waals surface area contributed by atoms with Crippen LogP contribution in [0.2, 0.25) is 0 Å². The van der Waals surface area contributed by atoms with E-state index in [1.165, 1.54) is 0 Å². The number of nitrogens with zero attached hydrogens (tertiary/aromatic N) is 6. The van der Waals surface area contributed by atoms with Crippen molar-refractivity contribution in [1.29, 1.82) is 0 Å². The van der Waals surface area contributed by atoms with Crippen molar-refractivity contribution in [3.63, 3.8) is 0 Å². The molecule has 1 aliphatic rings. The second kappa shape index (κ2) is 6.59. The molecular weight excluding hydrogens is 328 g/mol. The number of hydrogen-bond donors (Lipinski definition) is 0. The highest BCUT2D eigenvalue weighted by Crippen LogP contribution is 2.27. The second-order valence-corrected chi connectivity index (χ2v) is 6.52. The minimum atomic E-state index is -0.0159. The van der Waals surface area contributed by atoms with Crippen molar-refractivity contribution in [2.75, 3.05) is 6.54 Å². The van der Waals surface area contributed by atoms with E-state index in [1.807, 2.05) is 49.7 Å². The highest BCUT2D eigenvalue weighted by atomic mass is 16.2. The van der Waals surface area contributed by atoms with E-state index < -0.39 is 0 Å². The molecule has 26 heavy (non-hydrogen) atoms. The second-order valence-electron chi connectivity index (χ2n) is 6.52. The normalized spacial score (nSPS) is 16.8. The van der Waals surface area contributed by atoms with E-state index in [9.17, 15) is 4.79 Å². The molecule has 0 unspecified atom stereocenters. The first-order valence-electron chi connectivity index (χ1n) is 8.56. The Hall–Kier alpha value is -3.22. The summed E-state index contributed by atoms with van der Waals surface area (Å²) < 4.78 is 3.84. The minimum absolute atomic E-state index is 0.0159. The van der Waals surface area contributed by atoms with Gasteiger partial charge in [-0.2, -0.15) is 5.10 Å². The highest BCUT2D eigenvalue weighted by Gasteiger charge is 2.29. The molecule has 0 saturated carbocycles. The number of aryl methyl sites for hydroxylation is 1. The maximum absolute atomic E-state index is 12.6. The molecule has 0 aliphatic carbocycles. The average Bonchev–Trinajstić information content (AvgIpc) is 3.26. The van der Waals surface area contributed by atoms with Gasteiger partial charge >= 0.3 is 0 Å². The molecule has 0 radical (unpaired) electrons. The van der Waals surface area contributed by atoms with Crippen molar-refractivity contribution >= 4 is 12.0 Å². The smallest absolute Gasteiger partial charge is 0.247 e. The van der Waals surface area contributed by atoms with Gasteiger partial charge in [0.25, 0.3) is 0 Å². The van der Waals surface area contributed by atoms with E-state index in [0.717, 1.165) is 22.8 Å². The van der Waals surface area contributed by atoms with Crippen LogP contribution in [-0.2, 0) is 18.4 Å². The molecule has 7 nitrogen and oxygen atoms in total. The van der Waals surface area contributed by atoms with Crippen molar-refractivity contribution in [1.82, 2.24) is 29.4 Å². The first-order chi connectivity index (χ1) is 12.6. The minimum Gasteiger partial charge on any atom is -0.330 e. The van der Waals surface area contributed by atoms with Crippen LogP contribution in [0.5, 0.6) is 0 Å². The summed E-state index contributed by atoms with van der Waals surface area (Å²) in [6, 6.07) is 9.90. The summed E-state index contributed by atoms with van der Waals surface area (Å²) in [5, 5.41) is 12.8. The van der Waals surface area contributed by atoms with Crippen molar-refractivity contribution < 1.29 is 4.79 Å². The number of aromatic nitrogens is 5. The van der Waals surface area contributed by atoms with Crippen LogP contribution in [0, 0.1) is 0 Å². The van der Waals surface area contributed by atoms with Gasteiger partial charge in [0.2, 0.25) is 5.91 Å². The molecule has 1 aromatic carbocycles. The summed E-state index contributed by atoms with van der Waals surface area (Å²) in [5.74, 6) is 1.58. The van der Waals surface area contributed by atoms with Gasteiger partial charge in [-0.25, -0.2) is 0 Å². The van der Waals surface area contributed by atoms with Crippen molar-refractivity contribution in [3.8, 4) is 11.4 Å². The summed E-state index contributed by atoms with van der Waals surface area (Å²) in [4.78, 5) is 14.4. The van der Waals surface area contributed by atoms with Crippen LogP contribution in [0.3, 0.4) is 0 Å². The fourth-order valence-corrected chi connectivity index (χ4v) is 3.27. The molecule has 3 heterocycles. The molecule has 3 aromatic rings. The quantitative estimate of drug-likeness (QED) is 0.681. The number of hydrogen-bond acceptors (Lipinski definition) is 4. The Bertz CT molecular complexity index is 956. The van der Waals surface area contributed by atoms with Crippen molar-refractivity contribution in [3.05, 3.63) is 60.2 Å². The predicted octanol–water partition coefficient (Wildman–Crippen LogP) is 2.30. The van der Waals surface area contributed by atoms with Crippen LogP contribution in [0.15, 0.2) is 48.8 Å². The molecule has 1 atom stereocenters. The van der Waals surface area contributed by atoms with Gasteiger partial charge in [-0.1, -0.05) is 30.3 Å². The van der Waals surface area contributed by atoms with Gasteiger partial charge < -0.3 is 9.47 Å². The van der Waals surface area contributed by atoms with E-state index in [1.54, 1.807) is 21.9 Å². The van der Waals surface area contributed by atoms with E-state index in [0.29, 0.717) is 13.1 Å². The van der Waals surface area contributed by atoms with Gasteiger partial charge in [0.05, 0.1) is 24.3 Å². The number of rotatable bonds is 3.